The van der Waals surface area contributed by atoms with Crippen LogP contribution in [0.3, 0.4) is 0 Å². The van der Waals surface area contributed by atoms with Crippen LogP contribution in [-0.4, -0.2) is 22.1 Å². The highest BCUT2D eigenvalue weighted by molar-refractivity contribution is 5.92. The van der Waals surface area contributed by atoms with E-state index in [4.69, 9.17) is 4.42 Å². The number of hydrogen-bond acceptors (Lipinski definition) is 3. The van der Waals surface area contributed by atoms with E-state index in [2.05, 4.69) is 15.5 Å². The molecule has 2 rings (SSSR count). The summed E-state index contributed by atoms with van der Waals surface area (Å²) in [6.07, 6.45) is 0.888. The molecule has 0 aliphatic heterocycles. The molecule has 2 heterocycles. The SMILES string of the molecule is CC[C@@H](C)NC(=O)c1ccc(-c2c(C)n[nH]c2C)o1. The summed E-state index contributed by atoms with van der Waals surface area (Å²) in [5, 5.41) is 9.90. The van der Waals surface area contributed by atoms with E-state index in [-0.39, 0.29) is 11.9 Å². The Kier molecular flexibility index (Phi) is 3.74. The van der Waals surface area contributed by atoms with Crippen molar-refractivity contribution in [3.8, 4) is 11.3 Å². The number of carbonyl (C=O) groups is 1. The predicted octanol–water partition coefficient (Wildman–Crippen LogP) is 2.81. The Balaban J connectivity index is 2.22. The average Bonchev–Trinajstić information content (AvgIpc) is 2.96. The maximum Gasteiger partial charge on any atom is 0.287 e. The first kappa shape index (κ1) is 13.4. The highest BCUT2D eigenvalue weighted by atomic mass is 16.4. The van der Waals surface area contributed by atoms with Gasteiger partial charge in [0.05, 0.1) is 11.3 Å². The first-order valence-electron chi connectivity index (χ1n) is 6.45. The molecule has 0 aliphatic rings. The number of carbonyl (C=O) groups excluding carboxylic acids is 1. The molecule has 2 N–H and O–H groups in total. The quantitative estimate of drug-likeness (QED) is 0.889. The molecular formula is C14H19N3O2. The maximum atomic E-state index is 11.9. The molecule has 0 aliphatic carbocycles. The van der Waals surface area contributed by atoms with Crippen LogP contribution in [0.5, 0.6) is 0 Å². The number of rotatable bonds is 4. The van der Waals surface area contributed by atoms with Crippen molar-refractivity contribution in [2.45, 2.75) is 40.2 Å². The lowest BCUT2D eigenvalue weighted by atomic mass is 10.1. The number of amides is 1. The van der Waals surface area contributed by atoms with Gasteiger partial charge in [0.1, 0.15) is 5.76 Å². The van der Waals surface area contributed by atoms with Crippen LogP contribution in [0, 0.1) is 13.8 Å². The second kappa shape index (κ2) is 5.30. The van der Waals surface area contributed by atoms with Gasteiger partial charge in [-0.3, -0.25) is 9.89 Å². The monoisotopic (exact) mass is 261 g/mol. The number of aromatic nitrogens is 2. The third-order valence-electron chi connectivity index (χ3n) is 3.19. The van der Waals surface area contributed by atoms with Crippen LogP contribution >= 0.6 is 0 Å². The summed E-state index contributed by atoms with van der Waals surface area (Å²) in [7, 11) is 0. The van der Waals surface area contributed by atoms with Gasteiger partial charge in [-0.15, -0.1) is 0 Å². The minimum atomic E-state index is -0.181. The number of nitrogens with one attached hydrogen (secondary N) is 2. The second-order valence-corrected chi connectivity index (χ2v) is 4.76. The highest BCUT2D eigenvalue weighted by Gasteiger charge is 2.17. The summed E-state index contributed by atoms with van der Waals surface area (Å²) in [6.45, 7) is 7.82. The molecule has 0 fully saturated rings. The fraction of sp³-hybridized carbons (Fsp3) is 0.429. The Labute approximate surface area is 112 Å². The lowest BCUT2D eigenvalue weighted by Crippen LogP contribution is -2.31. The maximum absolute atomic E-state index is 11.9. The van der Waals surface area contributed by atoms with Crippen LogP contribution in [0.2, 0.25) is 0 Å². The first-order valence-corrected chi connectivity index (χ1v) is 6.45. The van der Waals surface area contributed by atoms with Crippen LogP contribution in [-0.2, 0) is 0 Å². The van der Waals surface area contributed by atoms with Crippen LogP contribution in [0.25, 0.3) is 11.3 Å². The third kappa shape index (κ3) is 2.70. The van der Waals surface area contributed by atoms with E-state index >= 15 is 0 Å². The van der Waals surface area contributed by atoms with E-state index in [1.165, 1.54) is 0 Å². The van der Waals surface area contributed by atoms with E-state index in [9.17, 15) is 4.79 Å². The Morgan fingerprint density at radius 2 is 2.21 bits per heavy atom. The fourth-order valence-corrected chi connectivity index (χ4v) is 1.91. The second-order valence-electron chi connectivity index (χ2n) is 4.76. The Bertz CT molecular complexity index is 564. The zero-order valence-electron chi connectivity index (χ0n) is 11.7. The number of hydrogen-bond donors (Lipinski definition) is 2. The molecule has 0 radical (unpaired) electrons. The van der Waals surface area contributed by atoms with Crippen molar-refractivity contribution in [3.63, 3.8) is 0 Å². The summed E-state index contributed by atoms with van der Waals surface area (Å²) in [4.78, 5) is 11.9. The molecule has 19 heavy (non-hydrogen) atoms. The van der Waals surface area contributed by atoms with E-state index in [1.54, 1.807) is 12.1 Å². The molecule has 0 saturated heterocycles. The van der Waals surface area contributed by atoms with Gasteiger partial charge in [-0.25, -0.2) is 0 Å². The largest absolute Gasteiger partial charge is 0.451 e. The standard InChI is InChI=1S/C14H19N3O2/c1-5-8(2)15-14(18)12-7-6-11(19-12)13-9(3)16-17-10(13)4/h6-8H,5H2,1-4H3,(H,15,18)(H,16,17)/t8-/m1/s1. The fourth-order valence-electron chi connectivity index (χ4n) is 1.91. The number of furan rings is 1. The first-order chi connectivity index (χ1) is 9.02. The zero-order valence-corrected chi connectivity index (χ0v) is 11.7. The molecule has 5 nitrogen and oxygen atoms in total. The molecule has 0 unspecified atom stereocenters. The topological polar surface area (TPSA) is 70.9 Å². The van der Waals surface area contributed by atoms with E-state index < -0.39 is 0 Å². The van der Waals surface area contributed by atoms with Crippen LogP contribution in [0.1, 0.15) is 42.2 Å². The van der Waals surface area contributed by atoms with Crippen molar-refractivity contribution in [1.82, 2.24) is 15.5 Å². The molecule has 0 spiro atoms. The van der Waals surface area contributed by atoms with Gasteiger partial charge in [-0.05, 0) is 39.3 Å². The molecule has 1 atom stereocenters. The van der Waals surface area contributed by atoms with Crippen molar-refractivity contribution in [2.75, 3.05) is 0 Å². The molecule has 0 saturated carbocycles. The Morgan fingerprint density at radius 1 is 1.47 bits per heavy atom. The lowest BCUT2D eigenvalue weighted by Gasteiger charge is -2.09. The number of nitrogens with zero attached hydrogens (tertiary/aromatic N) is 1. The summed E-state index contributed by atoms with van der Waals surface area (Å²) < 4.78 is 5.62. The Morgan fingerprint density at radius 3 is 2.79 bits per heavy atom. The van der Waals surface area contributed by atoms with Crippen molar-refractivity contribution in [1.29, 1.82) is 0 Å². The smallest absolute Gasteiger partial charge is 0.287 e. The number of H-pyrrole nitrogens is 1. The van der Waals surface area contributed by atoms with E-state index in [0.717, 1.165) is 23.4 Å². The van der Waals surface area contributed by atoms with Crippen LogP contribution in [0.4, 0.5) is 0 Å². The minimum absolute atomic E-state index is 0.137. The van der Waals surface area contributed by atoms with Gasteiger partial charge in [-0.1, -0.05) is 6.92 Å². The molecular weight excluding hydrogens is 242 g/mol. The molecule has 2 aromatic rings. The van der Waals surface area contributed by atoms with Crippen molar-refractivity contribution in [2.24, 2.45) is 0 Å². The number of aromatic amines is 1. The van der Waals surface area contributed by atoms with Gasteiger partial charge in [0.2, 0.25) is 0 Å². The van der Waals surface area contributed by atoms with Gasteiger partial charge in [0, 0.05) is 11.7 Å². The average molecular weight is 261 g/mol. The van der Waals surface area contributed by atoms with Gasteiger partial charge in [-0.2, -0.15) is 5.10 Å². The lowest BCUT2D eigenvalue weighted by molar-refractivity contribution is 0.0912. The van der Waals surface area contributed by atoms with Gasteiger partial charge in [0.15, 0.2) is 5.76 Å². The molecule has 5 heteroatoms. The Hall–Kier alpha value is -2.04. The van der Waals surface area contributed by atoms with E-state index in [0.29, 0.717) is 11.5 Å². The highest BCUT2D eigenvalue weighted by Crippen LogP contribution is 2.27. The van der Waals surface area contributed by atoms with Gasteiger partial charge >= 0.3 is 0 Å². The molecule has 0 bridgehead atoms. The van der Waals surface area contributed by atoms with Crippen LogP contribution in [0.15, 0.2) is 16.5 Å². The normalized spacial score (nSPS) is 12.4. The summed E-state index contributed by atoms with van der Waals surface area (Å²) >= 11 is 0. The van der Waals surface area contributed by atoms with Gasteiger partial charge < -0.3 is 9.73 Å². The summed E-state index contributed by atoms with van der Waals surface area (Å²) in [6, 6.07) is 3.63. The molecule has 0 aromatic carbocycles. The molecule has 2 aromatic heterocycles. The summed E-state index contributed by atoms with van der Waals surface area (Å²) in [5.74, 6) is 0.813. The third-order valence-corrected chi connectivity index (χ3v) is 3.19. The van der Waals surface area contributed by atoms with Crippen molar-refractivity contribution in [3.05, 3.63) is 29.3 Å². The van der Waals surface area contributed by atoms with Crippen LogP contribution < -0.4 is 5.32 Å². The van der Waals surface area contributed by atoms with Gasteiger partial charge in [0.25, 0.3) is 5.91 Å². The van der Waals surface area contributed by atoms with E-state index in [1.807, 2.05) is 27.7 Å². The summed E-state index contributed by atoms with van der Waals surface area (Å²) in [5.41, 5.74) is 2.71. The molecule has 102 valence electrons. The zero-order chi connectivity index (χ0) is 14.0. The van der Waals surface area contributed by atoms with Crippen molar-refractivity contribution >= 4 is 5.91 Å². The minimum Gasteiger partial charge on any atom is -0.451 e. The molecule has 1 amide bonds. The predicted molar refractivity (Wildman–Crippen MR) is 73.0 cm³/mol. The van der Waals surface area contributed by atoms with Crippen molar-refractivity contribution < 1.29 is 9.21 Å². The number of aryl methyl sites for hydroxylation is 2.